The number of thioether (sulfide) groups is 1. The van der Waals surface area contributed by atoms with Crippen LogP contribution in [0.5, 0.6) is 0 Å². The van der Waals surface area contributed by atoms with Crippen molar-refractivity contribution in [3.05, 3.63) is 59.4 Å². The molecule has 0 spiro atoms. The summed E-state index contributed by atoms with van der Waals surface area (Å²) in [5.74, 6) is 0.201. The molecule has 3 rings (SSSR count). The number of nitrogens with one attached hydrogen (secondary N) is 1. The van der Waals surface area contributed by atoms with E-state index in [1.807, 2.05) is 43.5 Å². The standard InChI is InChI=1S/C20H21FN4OS/c1-4-25-19(15-7-5-6-8-16(15)21)23-24-20(25)27-12-18(26)22-17-11-13(2)9-10-14(17)3/h5-11H,4,12H2,1-3H3,(H,22,26). The van der Waals surface area contributed by atoms with Crippen LogP contribution in [0.1, 0.15) is 18.1 Å². The molecule has 3 aromatic rings. The number of aromatic nitrogens is 3. The lowest BCUT2D eigenvalue weighted by molar-refractivity contribution is -0.113. The fourth-order valence-electron chi connectivity index (χ4n) is 2.71. The van der Waals surface area contributed by atoms with E-state index in [9.17, 15) is 9.18 Å². The highest BCUT2D eigenvalue weighted by atomic mass is 32.2. The molecule has 1 amide bonds. The van der Waals surface area contributed by atoms with Crippen molar-refractivity contribution in [1.29, 1.82) is 0 Å². The van der Waals surface area contributed by atoms with Gasteiger partial charge >= 0.3 is 0 Å². The van der Waals surface area contributed by atoms with Crippen LogP contribution in [0.3, 0.4) is 0 Å². The van der Waals surface area contributed by atoms with Gasteiger partial charge in [0.1, 0.15) is 5.82 Å². The molecule has 27 heavy (non-hydrogen) atoms. The molecule has 0 radical (unpaired) electrons. The summed E-state index contributed by atoms with van der Waals surface area (Å²) in [4.78, 5) is 12.3. The van der Waals surface area contributed by atoms with Crippen molar-refractivity contribution in [1.82, 2.24) is 14.8 Å². The lowest BCUT2D eigenvalue weighted by atomic mass is 10.1. The van der Waals surface area contributed by atoms with Crippen LogP contribution >= 0.6 is 11.8 Å². The van der Waals surface area contributed by atoms with Crippen LogP contribution in [0, 0.1) is 19.7 Å². The minimum Gasteiger partial charge on any atom is -0.325 e. The van der Waals surface area contributed by atoms with Gasteiger partial charge in [0.15, 0.2) is 11.0 Å². The van der Waals surface area contributed by atoms with Gasteiger partial charge in [-0.2, -0.15) is 0 Å². The average molecular weight is 384 g/mol. The molecular formula is C20H21FN4OS. The van der Waals surface area contributed by atoms with Gasteiger partial charge in [-0.1, -0.05) is 36.0 Å². The minimum absolute atomic E-state index is 0.119. The molecule has 1 aromatic heterocycles. The number of hydrogen-bond acceptors (Lipinski definition) is 4. The zero-order chi connectivity index (χ0) is 19.4. The van der Waals surface area contributed by atoms with E-state index in [0.717, 1.165) is 16.8 Å². The predicted octanol–water partition coefficient (Wildman–Crippen LogP) is 4.45. The molecule has 7 heteroatoms. The molecule has 0 bridgehead atoms. The molecule has 0 aliphatic carbocycles. The third kappa shape index (κ3) is 4.36. The minimum atomic E-state index is -0.344. The van der Waals surface area contributed by atoms with Gasteiger partial charge in [-0.3, -0.25) is 4.79 Å². The zero-order valence-electron chi connectivity index (χ0n) is 15.5. The summed E-state index contributed by atoms with van der Waals surface area (Å²) in [7, 11) is 0. The summed E-state index contributed by atoms with van der Waals surface area (Å²) in [5.41, 5.74) is 3.31. The monoisotopic (exact) mass is 384 g/mol. The van der Waals surface area contributed by atoms with Gasteiger partial charge in [-0.25, -0.2) is 4.39 Å². The van der Waals surface area contributed by atoms with E-state index in [4.69, 9.17) is 0 Å². The highest BCUT2D eigenvalue weighted by Gasteiger charge is 2.17. The Morgan fingerprint density at radius 1 is 1.19 bits per heavy atom. The number of carbonyl (C=O) groups excluding carboxylic acids is 1. The van der Waals surface area contributed by atoms with Gasteiger partial charge < -0.3 is 9.88 Å². The van der Waals surface area contributed by atoms with Gasteiger partial charge in [0.2, 0.25) is 5.91 Å². The van der Waals surface area contributed by atoms with Gasteiger partial charge in [-0.05, 0) is 50.1 Å². The van der Waals surface area contributed by atoms with E-state index in [-0.39, 0.29) is 17.5 Å². The number of amides is 1. The highest BCUT2D eigenvalue weighted by Crippen LogP contribution is 2.26. The lowest BCUT2D eigenvalue weighted by Crippen LogP contribution is -2.15. The van der Waals surface area contributed by atoms with Crippen molar-refractivity contribution in [2.45, 2.75) is 32.5 Å². The third-order valence-corrected chi connectivity index (χ3v) is 5.11. The Labute approximate surface area is 162 Å². The highest BCUT2D eigenvalue weighted by molar-refractivity contribution is 7.99. The molecule has 0 saturated heterocycles. The summed E-state index contributed by atoms with van der Waals surface area (Å²) < 4.78 is 15.9. The van der Waals surface area contributed by atoms with Crippen molar-refractivity contribution in [2.75, 3.05) is 11.1 Å². The number of rotatable bonds is 6. The molecule has 0 fully saturated rings. The van der Waals surface area contributed by atoms with E-state index in [1.54, 1.807) is 18.2 Å². The molecule has 1 N–H and O–H groups in total. The van der Waals surface area contributed by atoms with Crippen LogP contribution < -0.4 is 5.32 Å². The van der Waals surface area contributed by atoms with E-state index in [1.165, 1.54) is 17.8 Å². The lowest BCUT2D eigenvalue weighted by Gasteiger charge is -2.10. The number of anilines is 1. The quantitative estimate of drug-likeness (QED) is 0.638. The summed E-state index contributed by atoms with van der Waals surface area (Å²) in [5, 5.41) is 11.8. The van der Waals surface area contributed by atoms with E-state index >= 15 is 0 Å². The number of carbonyl (C=O) groups is 1. The molecule has 1 heterocycles. The van der Waals surface area contributed by atoms with Crippen molar-refractivity contribution < 1.29 is 9.18 Å². The van der Waals surface area contributed by atoms with E-state index in [2.05, 4.69) is 15.5 Å². The van der Waals surface area contributed by atoms with Crippen LogP contribution in [0.15, 0.2) is 47.6 Å². The summed E-state index contributed by atoms with van der Waals surface area (Å²) in [6.45, 7) is 6.46. The normalized spacial score (nSPS) is 10.8. The van der Waals surface area contributed by atoms with Gasteiger partial charge in [0, 0.05) is 12.2 Å². The predicted molar refractivity (Wildman–Crippen MR) is 106 cm³/mol. The first-order valence-corrected chi connectivity index (χ1v) is 9.66. The third-order valence-electron chi connectivity index (χ3n) is 4.15. The molecule has 140 valence electrons. The molecular weight excluding hydrogens is 363 g/mol. The topological polar surface area (TPSA) is 59.8 Å². The fraction of sp³-hybridized carbons (Fsp3) is 0.250. The maximum atomic E-state index is 14.1. The first-order valence-electron chi connectivity index (χ1n) is 8.67. The SMILES string of the molecule is CCn1c(SCC(=O)Nc2cc(C)ccc2C)nnc1-c1ccccc1F. The molecule has 0 saturated carbocycles. The molecule has 5 nitrogen and oxygen atoms in total. The largest absolute Gasteiger partial charge is 0.325 e. The summed E-state index contributed by atoms with van der Waals surface area (Å²) in [6.07, 6.45) is 0. The fourth-order valence-corrected chi connectivity index (χ4v) is 3.51. The van der Waals surface area contributed by atoms with Gasteiger partial charge in [0.25, 0.3) is 0 Å². The molecule has 2 aromatic carbocycles. The zero-order valence-corrected chi connectivity index (χ0v) is 16.3. The number of hydrogen-bond donors (Lipinski definition) is 1. The number of benzene rings is 2. The smallest absolute Gasteiger partial charge is 0.234 e. The van der Waals surface area contributed by atoms with Crippen LogP contribution in [0.4, 0.5) is 10.1 Å². The first kappa shape index (κ1) is 19.1. The van der Waals surface area contributed by atoms with Crippen LogP contribution in [0.25, 0.3) is 11.4 Å². The Balaban J connectivity index is 1.72. The molecule has 0 atom stereocenters. The Hall–Kier alpha value is -2.67. The van der Waals surface area contributed by atoms with Crippen molar-refractivity contribution in [2.24, 2.45) is 0 Å². The Kier molecular flexibility index (Phi) is 5.91. The second kappa shape index (κ2) is 8.35. The van der Waals surface area contributed by atoms with Gasteiger partial charge in [0.05, 0.1) is 11.3 Å². The van der Waals surface area contributed by atoms with Crippen molar-refractivity contribution >= 4 is 23.4 Å². The van der Waals surface area contributed by atoms with Crippen LogP contribution in [-0.4, -0.2) is 26.4 Å². The second-order valence-corrected chi connectivity index (χ2v) is 7.13. The van der Waals surface area contributed by atoms with Gasteiger partial charge in [-0.15, -0.1) is 10.2 Å². The maximum Gasteiger partial charge on any atom is 0.234 e. The Bertz CT molecular complexity index is 970. The first-order chi connectivity index (χ1) is 13.0. The summed E-state index contributed by atoms with van der Waals surface area (Å²) in [6, 6.07) is 12.4. The van der Waals surface area contributed by atoms with E-state index < -0.39 is 0 Å². The van der Waals surface area contributed by atoms with Crippen LogP contribution in [0.2, 0.25) is 0 Å². The molecule has 0 aliphatic heterocycles. The Morgan fingerprint density at radius 3 is 2.70 bits per heavy atom. The number of halogens is 1. The van der Waals surface area contributed by atoms with Crippen molar-refractivity contribution in [3.63, 3.8) is 0 Å². The number of nitrogens with zero attached hydrogens (tertiary/aromatic N) is 3. The van der Waals surface area contributed by atoms with Crippen LogP contribution in [-0.2, 0) is 11.3 Å². The van der Waals surface area contributed by atoms with Crippen molar-refractivity contribution in [3.8, 4) is 11.4 Å². The Morgan fingerprint density at radius 2 is 1.96 bits per heavy atom. The second-order valence-electron chi connectivity index (χ2n) is 6.19. The molecule has 0 unspecified atom stereocenters. The molecule has 0 aliphatic rings. The van der Waals surface area contributed by atoms with E-state index in [0.29, 0.717) is 23.1 Å². The summed E-state index contributed by atoms with van der Waals surface area (Å²) >= 11 is 1.29. The number of aryl methyl sites for hydroxylation is 2. The maximum absolute atomic E-state index is 14.1. The average Bonchev–Trinajstić information content (AvgIpc) is 3.06.